The van der Waals surface area contributed by atoms with Gasteiger partial charge in [0.25, 0.3) is 5.91 Å². The van der Waals surface area contributed by atoms with Gasteiger partial charge in [-0.15, -0.1) is 0 Å². The van der Waals surface area contributed by atoms with Crippen LogP contribution in [0.4, 0.5) is 0 Å². The van der Waals surface area contributed by atoms with Gasteiger partial charge < -0.3 is 9.84 Å². The van der Waals surface area contributed by atoms with Gasteiger partial charge in [-0.25, -0.2) is 0 Å². The molecule has 6 nitrogen and oxygen atoms in total. The minimum atomic E-state index is -0.154. The summed E-state index contributed by atoms with van der Waals surface area (Å²) in [5.74, 6) is 1.29. The van der Waals surface area contributed by atoms with Crippen LogP contribution in [0.15, 0.2) is 10.7 Å². The third-order valence-electron chi connectivity index (χ3n) is 4.24. The number of carbonyl (C=O) groups is 1. The number of amides is 1. The Balaban J connectivity index is 1.51. The van der Waals surface area contributed by atoms with E-state index < -0.39 is 0 Å². The predicted molar refractivity (Wildman–Crippen MR) is 86.6 cm³/mol. The van der Waals surface area contributed by atoms with Crippen molar-refractivity contribution in [3.63, 3.8) is 0 Å². The van der Waals surface area contributed by atoms with Crippen molar-refractivity contribution in [2.45, 2.75) is 46.1 Å². The quantitative estimate of drug-likeness (QED) is 0.852. The Hall–Kier alpha value is -1.82. The molecule has 23 heavy (non-hydrogen) atoms. The van der Waals surface area contributed by atoms with Gasteiger partial charge in [-0.1, -0.05) is 23.7 Å². The fourth-order valence-corrected chi connectivity index (χ4v) is 3.04. The van der Waals surface area contributed by atoms with Crippen LogP contribution in [0, 0.1) is 12.8 Å². The summed E-state index contributed by atoms with van der Waals surface area (Å²) in [4.78, 5) is 12.3. The second kappa shape index (κ2) is 6.74. The Kier molecular flexibility index (Phi) is 4.71. The van der Waals surface area contributed by atoms with Gasteiger partial charge >= 0.3 is 0 Å². The molecule has 0 saturated heterocycles. The lowest BCUT2D eigenvalue weighted by Gasteiger charge is -2.16. The summed E-state index contributed by atoms with van der Waals surface area (Å²) in [5.41, 5.74) is 2.25. The monoisotopic (exact) mass is 336 g/mol. The molecule has 0 radical (unpaired) electrons. The first-order chi connectivity index (χ1) is 11.0. The molecule has 2 aromatic heterocycles. The molecular weight excluding hydrogens is 316 g/mol. The zero-order chi connectivity index (χ0) is 16.4. The van der Waals surface area contributed by atoms with E-state index in [9.17, 15) is 4.79 Å². The topological polar surface area (TPSA) is 73.0 Å². The molecule has 1 aliphatic carbocycles. The highest BCUT2D eigenvalue weighted by Crippen LogP contribution is 2.27. The van der Waals surface area contributed by atoms with E-state index in [1.165, 1.54) is 0 Å². The van der Waals surface area contributed by atoms with E-state index in [0.29, 0.717) is 29.7 Å². The van der Waals surface area contributed by atoms with Crippen LogP contribution >= 0.6 is 11.6 Å². The van der Waals surface area contributed by atoms with Gasteiger partial charge in [0.05, 0.1) is 10.7 Å². The third-order valence-corrected chi connectivity index (χ3v) is 4.61. The van der Waals surface area contributed by atoms with E-state index in [2.05, 4.69) is 22.5 Å². The first-order valence-electron chi connectivity index (χ1n) is 7.99. The second-order valence-corrected chi connectivity index (χ2v) is 6.62. The van der Waals surface area contributed by atoms with Crippen LogP contribution in [0.2, 0.25) is 5.02 Å². The average Bonchev–Trinajstić information content (AvgIpc) is 3.07. The van der Waals surface area contributed by atoms with Gasteiger partial charge in [-0.3, -0.25) is 9.48 Å². The molecule has 0 bridgehead atoms. The molecule has 1 aliphatic rings. The van der Waals surface area contributed by atoms with Crippen LogP contribution in [-0.2, 0) is 19.4 Å². The number of nitrogens with zero attached hydrogens (tertiary/aromatic N) is 3. The molecule has 0 spiro atoms. The number of aromatic nitrogens is 3. The van der Waals surface area contributed by atoms with E-state index in [0.717, 1.165) is 42.7 Å². The lowest BCUT2D eigenvalue weighted by molar-refractivity contribution is 0.0942. The summed E-state index contributed by atoms with van der Waals surface area (Å²) in [6.07, 6.45) is 5.41. The first kappa shape index (κ1) is 16.1. The molecule has 1 N–H and O–H groups in total. The summed E-state index contributed by atoms with van der Waals surface area (Å²) >= 11 is 5.97. The Bertz CT molecular complexity index is 687. The summed E-state index contributed by atoms with van der Waals surface area (Å²) < 4.78 is 7.10. The molecule has 1 unspecified atom stereocenters. The van der Waals surface area contributed by atoms with Crippen molar-refractivity contribution in [3.05, 3.63) is 33.9 Å². The normalized spacial score (nSPS) is 17.1. The van der Waals surface area contributed by atoms with Crippen LogP contribution in [-0.4, -0.2) is 27.4 Å². The third kappa shape index (κ3) is 3.58. The van der Waals surface area contributed by atoms with Crippen LogP contribution in [0.25, 0.3) is 0 Å². The van der Waals surface area contributed by atoms with Gasteiger partial charge in [-0.2, -0.15) is 5.10 Å². The molecule has 2 heterocycles. The number of aryl methyl sites for hydroxylation is 3. The minimum absolute atomic E-state index is 0.154. The van der Waals surface area contributed by atoms with Crippen molar-refractivity contribution >= 4 is 17.5 Å². The van der Waals surface area contributed by atoms with Crippen molar-refractivity contribution in [3.8, 4) is 0 Å². The van der Waals surface area contributed by atoms with Crippen molar-refractivity contribution in [2.75, 3.05) is 6.54 Å². The summed E-state index contributed by atoms with van der Waals surface area (Å²) in [5, 5.41) is 11.8. The Morgan fingerprint density at radius 3 is 3.13 bits per heavy atom. The van der Waals surface area contributed by atoms with E-state index >= 15 is 0 Å². The molecule has 0 aliphatic heterocycles. The summed E-state index contributed by atoms with van der Waals surface area (Å²) in [7, 11) is 0. The van der Waals surface area contributed by atoms with Crippen molar-refractivity contribution in [2.24, 2.45) is 5.92 Å². The molecule has 3 rings (SSSR count). The molecular formula is C16H21ClN4O2. The summed E-state index contributed by atoms with van der Waals surface area (Å²) in [6.45, 7) is 5.33. The smallest absolute Gasteiger partial charge is 0.273 e. The molecule has 0 saturated carbocycles. The van der Waals surface area contributed by atoms with E-state index in [4.69, 9.17) is 16.1 Å². The predicted octanol–water partition coefficient (Wildman–Crippen LogP) is 2.78. The number of halogens is 1. The SMILES string of the molecule is Cc1nn(CCCNC(=O)c2noc3c2CC(C)CC3)cc1Cl. The average molecular weight is 337 g/mol. The van der Waals surface area contributed by atoms with Crippen LogP contribution < -0.4 is 5.32 Å². The maximum atomic E-state index is 12.3. The fraction of sp³-hybridized carbons (Fsp3) is 0.562. The standard InChI is InChI=1S/C16H21ClN4O2/c1-10-4-5-14-12(8-10)15(20-23-14)16(22)18-6-3-7-21-9-13(17)11(2)19-21/h9-10H,3-8H2,1-2H3,(H,18,22). The van der Waals surface area contributed by atoms with E-state index in [-0.39, 0.29) is 5.91 Å². The molecule has 124 valence electrons. The van der Waals surface area contributed by atoms with Crippen molar-refractivity contribution < 1.29 is 9.32 Å². The molecule has 1 amide bonds. The Labute approximate surface area is 140 Å². The minimum Gasteiger partial charge on any atom is -0.360 e. The molecule has 0 fully saturated rings. The van der Waals surface area contributed by atoms with Gasteiger partial charge in [0.2, 0.25) is 0 Å². The van der Waals surface area contributed by atoms with E-state index in [1.54, 1.807) is 10.9 Å². The molecule has 2 aromatic rings. The van der Waals surface area contributed by atoms with Crippen LogP contribution in [0.3, 0.4) is 0 Å². The van der Waals surface area contributed by atoms with Gasteiger partial charge in [0.1, 0.15) is 5.76 Å². The number of nitrogens with one attached hydrogen (secondary N) is 1. The number of hydrogen-bond acceptors (Lipinski definition) is 4. The lowest BCUT2D eigenvalue weighted by atomic mass is 9.88. The number of carbonyl (C=O) groups excluding carboxylic acids is 1. The largest absolute Gasteiger partial charge is 0.360 e. The highest BCUT2D eigenvalue weighted by atomic mass is 35.5. The van der Waals surface area contributed by atoms with Gasteiger partial charge in [-0.05, 0) is 32.1 Å². The summed E-state index contributed by atoms with van der Waals surface area (Å²) in [6, 6.07) is 0. The highest BCUT2D eigenvalue weighted by Gasteiger charge is 2.26. The first-order valence-corrected chi connectivity index (χ1v) is 8.37. The highest BCUT2D eigenvalue weighted by molar-refractivity contribution is 6.31. The second-order valence-electron chi connectivity index (χ2n) is 6.22. The zero-order valence-electron chi connectivity index (χ0n) is 13.4. The molecule has 1 atom stereocenters. The van der Waals surface area contributed by atoms with Gasteiger partial charge in [0, 0.05) is 31.3 Å². The number of rotatable bonds is 5. The fourth-order valence-electron chi connectivity index (χ4n) is 2.89. The maximum absolute atomic E-state index is 12.3. The number of fused-ring (bicyclic) bond motifs is 1. The Morgan fingerprint density at radius 2 is 2.39 bits per heavy atom. The number of hydrogen-bond donors (Lipinski definition) is 1. The van der Waals surface area contributed by atoms with Crippen molar-refractivity contribution in [1.29, 1.82) is 0 Å². The maximum Gasteiger partial charge on any atom is 0.273 e. The van der Waals surface area contributed by atoms with Crippen LogP contribution in [0.1, 0.15) is 47.3 Å². The Morgan fingerprint density at radius 1 is 1.57 bits per heavy atom. The van der Waals surface area contributed by atoms with E-state index in [1.807, 2.05) is 6.92 Å². The zero-order valence-corrected chi connectivity index (χ0v) is 14.2. The lowest BCUT2D eigenvalue weighted by Crippen LogP contribution is -2.27. The molecule has 0 aromatic carbocycles. The molecule has 7 heteroatoms. The van der Waals surface area contributed by atoms with Gasteiger partial charge in [0.15, 0.2) is 5.69 Å². The van der Waals surface area contributed by atoms with Crippen LogP contribution in [0.5, 0.6) is 0 Å². The van der Waals surface area contributed by atoms with Crippen molar-refractivity contribution in [1.82, 2.24) is 20.3 Å².